The maximum absolute atomic E-state index is 9.22. The molecule has 0 radical (unpaired) electrons. The van der Waals surface area contributed by atoms with Crippen LogP contribution in [0, 0.1) is 0 Å². The zero-order valence-electron chi connectivity index (χ0n) is 6.24. The van der Waals surface area contributed by atoms with E-state index < -0.39 is 29.0 Å². The van der Waals surface area contributed by atoms with Crippen molar-refractivity contribution < 1.29 is 25.5 Å². The Kier molecular flexibility index (Phi) is 3.33. The smallest absolute Gasteiger partial charge is 0.128 e. The first-order valence-corrected chi connectivity index (χ1v) is 4.50. The van der Waals surface area contributed by atoms with Gasteiger partial charge in [-0.15, -0.1) is 11.8 Å². The predicted molar refractivity (Wildman–Crippen MR) is 42.5 cm³/mol. The SMILES string of the molecule is OC[C@@H]1S[C@@H](O)[C@@H](O)[C@H](O)[C@@H]1O. The maximum Gasteiger partial charge on any atom is 0.128 e. The highest BCUT2D eigenvalue weighted by atomic mass is 32.2. The lowest BCUT2D eigenvalue weighted by molar-refractivity contribution is -0.0953. The number of hydrogen-bond acceptors (Lipinski definition) is 6. The summed E-state index contributed by atoms with van der Waals surface area (Å²) in [5.74, 6) is 0. The molecule has 0 amide bonds. The Morgan fingerprint density at radius 3 is 2.00 bits per heavy atom. The molecule has 0 saturated carbocycles. The molecule has 0 bridgehead atoms. The molecule has 5 nitrogen and oxygen atoms in total. The molecule has 12 heavy (non-hydrogen) atoms. The molecular weight excluding hydrogens is 184 g/mol. The molecule has 1 aliphatic rings. The molecule has 1 saturated heterocycles. The van der Waals surface area contributed by atoms with Gasteiger partial charge in [0.25, 0.3) is 0 Å². The van der Waals surface area contributed by atoms with Crippen LogP contribution in [-0.4, -0.2) is 61.1 Å². The highest BCUT2D eigenvalue weighted by Crippen LogP contribution is 2.30. The molecule has 5 atom stereocenters. The van der Waals surface area contributed by atoms with Gasteiger partial charge in [0, 0.05) is 0 Å². The van der Waals surface area contributed by atoms with E-state index in [1.165, 1.54) is 0 Å². The molecule has 1 heterocycles. The van der Waals surface area contributed by atoms with Crippen molar-refractivity contribution in [3.8, 4) is 0 Å². The van der Waals surface area contributed by atoms with E-state index in [9.17, 15) is 5.11 Å². The van der Waals surface area contributed by atoms with E-state index in [0.717, 1.165) is 11.8 Å². The fraction of sp³-hybridized carbons (Fsp3) is 1.00. The lowest BCUT2D eigenvalue weighted by Crippen LogP contribution is -2.53. The summed E-state index contributed by atoms with van der Waals surface area (Å²) in [5, 5.41) is 44.6. The lowest BCUT2D eigenvalue weighted by atomic mass is 10.0. The second-order valence-corrected chi connectivity index (χ2v) is 4.08. The fourth-order valence-corrected chi connectivity index (χ4v) is 2.17. The van der Waals surface area contributed by atoms with Crippen molar-refractivity contribution in [3.05, 3.63) is 0 Å². The van der Waals surface area contributed by atoms with E-state index in [1.54, 1.807) is 0 Å². The second kappa shape index (κ2) is 3.91. The van der Waals surface area contributed by atoms with Crippen molar-refractivity contribution in [2.75, 3.05) is 6.61 Å². The van der Waals surface area contributed by atoms with Crippen molar-refractivity contribution in [2.45, 2.75) is 29.0 Å². The molecule has 72 valence electrons. The van der Waals surface area contributed by atoms with Gasteiger partial charge in [0.05, 0.1) is 18.0 Å². The zero-order chi connectivity index (χ0) is 9.30. The van der Waals surface area contributed by atoms with Crippen LogP contribution in [0.5, 0.6) is 0 Å². The van der Waals surface area contributed by atoms with Gasteiger partial charge in [-0.1, -0.05) is 0 Å². The normalized spacial score (nSPS) is 49.2. The number of hydrogen-bond donors (Lipinski definition) is 5. The maximum atomic E-state index is 9.22. The highest BCUT2D eigenvalue weighted by Gasteiger charge is 2.42. The fourth-order valence-electron chi connectivity index (χ4n) is 1.08. The van der Waals surface area contributed by atoms with Crippen LogP contribution < -0.4 is 0 Å². The lowest BCUT2D eigenvalue weighted by Gasteiger charge is -2.36. The standard InChI is InChI=1S/C6H12O5S/c7-1-2-3(8)4(9)5(10)6(11)12-2/h2-11H,1H2/t2-,3+,4+,5-,6+/m0/s1. The molecule has 6 heteroatoms. The van der Waals surface area contributed by atoms with Gasteiger partial charge in [-0.2, -0.15) is 0 Å². The van der Waals surface area contributed by atoms with E-state index in [0.29, 0.717) is 0 Å². The van der Waals surface area contributed by atoms with Gasteiger partial charge in [0.2, 0.25) is 0 Å². The van der Waals surface area contributed by atoms with Crippen LogP contribution in [0.15, 0.2) is 0 Å². The van der Waals surface area contributed by atoms with E-state index in [4.69, 9.17) is 20.4 Å². The quantitative estimate of drug-likeness (QED) is 0.318. The number of thioether (sulfide) groups is 1. The van der Waals surface area contributed by atoms with Gasteiger partial charge >= 0.3 is 0 Å². The monoisotopic (exact) mass is 196 g/mol. The molecule has 0 aromatic heterocycles. The van der Waals surface area contributed by atoms with Crippen LogP contribution in [0.3, 0.4) is 0 Å². The molecular formula is C6H12O5S. The first-order valence-electron chi connectivity index (χ1n) is 3.56. The largest absolute Gasteiger partial charge is 0.395 e. The molecule has 5 N–H and O–H groups in total. The minimum absolute atomic E-state index is 0.341. The van der Waals surface area contributed by atoms with Crippen molar-refractivity contribution in [2.24, 2.45) is 0 Å². The van der Waals surface area contributed by atoms with Crippen molar-refractivity contribution in [1.29, 1.82) is 0 Å². The Hall–Kier alpha value is 0.150. The minimum atomic E-state index is -1.39. The van der Waals surface area contributed by atoms with E-state index in [-0.39, 0.29) is 6.61 Å². The Labute approximate surface area is 73.7 Å². The van der Waals surface area contributed by atoms with Crippen LogP contribution in [0.1, 0.15) is 0 Å². The summed E-state index contributed by atoms with van der Waals surface area (Å²) in [5.41, 5.74) is -1.15. The molecule has 0 aromatic rings. The first-order chi connectivity index (χ1) is 5.57. The Morgan fingerprint density at radius 1 is 0.917 bits per heavy atom. The average Bonchev–Trinajstić information content (AvgIpc) is 2.08. The summed E-state index contributed by atoms with van der Waals surface area (Å²) in [6, 6.07) is 0. The van der Waals surface area contributed by atoms with Crippen molar-refractivity contribution in [3.63, 3.8) is 0 Å². The Bertz CT molecular complexity index is 150. The molecule has 1 rings (SSSR count). The van der Waals surface area contributed by atoms with Crippen LogP contribution >= 0.6 is 11.8 Å². The van der Waals surface area contributed by atoms with Crippen LogP contribution in [0.4, 0.5) is 0 Å². The highest BCUT2D eigenvalue weighted by molar-refractivity contribution is 8.00. The minimum Gasteiger partial charge on any atom is -0.395 e. The third kappa shape index (κ3) is 1.73. The Balaban J connectivity index is 2.63. The van der Waals surface area contributed by atoms with E-state index in [1.807, 2.05) is 0 Å². The third-order valence-corrected chi connectivity index (χ3v) is 3.20. The van der Waals surface area contributed by atoms with Gasteiger partial charge in [-0.25, -0.2) is 0 Å². The second-order valence-electron chi connectivity index (χ2n) is 2.72. The third-order valence-electron chi connectivity index (χ3n) is 1.87. The predicted octanol–water partition coefficient (Wildman–Crippen LogP) is -2.50. The van der Waals surface area contributed by atoms with E-state index >= 15 is 0 Å². The first kappa shape index (κ1) is 10.2. The van der Waals surface area contributed by atoms with Crippen molar-refractivity contribution in [1.82, 2.24) is 0 Å². The van der Waals surface area contributed by atoms with Gasteiger partial charge in [0.15, 0.2) is 0 Å². The summed E-state index contributed by atoms with van der Waals surface area (Å²) in [4.78, 5) is 0. The summed E-state index contributed by atoms with van der Waals surface area (Å²) < 4.78 is 0. The van der Waals surface area contributed by atoms with Gasteiger partial charge in [-0.05, 0) is 0 Å². The summed E-state index contributed by atoms with van der Waals surface area (Å²) in [6.45, 7) is -0.341. The van der Waals surface area contributed by atoms with Gasteiger partial charge in [-0.3, -0.25) is 0 Å². The van der Waals surface area contributed by atoms with Crippen LogP contribution in [-0.2, 0) is 0 Å². The summed E-state index contributed by atoms with van der Waals surface area (Å²) in [7, 11) is 0. The number of aliphatic hydroxyl groups excluding tert-OH is 5. The van der Waals surface area contributed by atoms with Gasteiger partial charge < -0.3 is 25.5 Å². The van der Waals surface area contributed by atoms with Crippen LogP contribution in [0.25, 0.3) is 0 Å². The van der Waals surface area contributed by atoms with Crippen LogP contribution in [0.2, 0.25) is 0 Å². The zero-order valence-corrected chi connectivity index (χ0v) is 7.05. The summed E-state index contributed by atoms with van der Waals surface area (Å²) in [6.07, 6.45) is -3.94. The summed E-state index contributed by atoms with van der Waals surface area (Å²) >= 11 is 0.852. The number of rotatable bonds is 1. The molecule has 0 spiro atoms. The molecule has 0 unspecified atom stereocenters. The average molecular weight is 196 g/mol. The van der Waals surface area contributed by atoms with Gasteiger partial charge in [0.1, 0.15) is 17.6 Å². The number of aliphatic hydroxyl groups is 5. The van der Waals surface area contributed by atoms with E-state index in [2.05, 4.69) is 0 Å². The topological polar surface area (TPSA) is 101 Å². The van der Waals surface area contributed by atoms with Crippen molar-refractivity contribution >= 4 is 11.8 Å². The molecule has 0 aromatic carbocycles. The molecule has 1 aliphatic heterocycles. The Morgan fingerprint density at radius 2 is 1.50 bits per heavy atom. The molecule has 0 aliphatic carbocycles. The molecule has 1 fully saturated rings.